The van der Waals surface area contributed by atoms with Crippen molar-refractivity contribution < 1.29 is 4.74 Å². The quantitative estimate of drug-likeness (QED) is 0.540. The molecule has 0 aliphatic heterocycles. The number of rotatable bonds is 5. The summed E-state index contributed by atoms with van der Waals surface area (Å²) < 4.78 is 5.35. The van der Waals surface area contributed by atoms with Crippen molar-refractivity contribution in [2.45, 2.75) is 48.0 Å². The van der Waals surface area contributed by atoms with E-state index >= 15 is 0 Å². The molecule has 0 N–H and O–H groups in total. The van der Waals surface area contributed by atoms with Gasteiger partial charge in [0, 0.05) is 0 Å². The van der Waals surface area contributed by atoms with Gasteiger partial charge in [-0.3, -0.25) is 0 Å². The van der Waals surface area contributed by atoms with Gasteiger partial charge >= 0.3 is 0 Å². The Kier molecular flexibility index (Phi) is 6.25. The number of allylic oxidation sites excluding steroid dienone is 4. The molecule has 1 nitrogen and oxygen atoms in total. The predicted molar refractivity (Wildman–Crippen MR) is 110 cm³/mol. The first-order valence-electron chi connectivity index (χ1n) is 8.98. The zero-order valence-corrected chi connectivity index (χ0v) is 16.7. The van der Waals surface area contributed by atoms with E-state index in [1.165, 1.54) is 44.5 Å². The average Bonchev–Trinajstić information content (AvgIpc) is 2.57. The standard InChI is InChI=1S/C24H30O/c1-8-20(22-12-10-21(25-7)14-19(22)6)15-24(16(2)3)23-11-9-17(4)13-18(23)5/h9-15H,8H2,1-7H3/b20-15-. The zero-order chi connectivity index (χ0) is 18.6. The van der Waals surface area contributed by atoms with Crippen molar-refractivity contribution in [3.8, 4) is 5.75 Å². The maximum Gasteiger partial charge on any atom is 0.119 e. The normalized spacial score (nSPS) is 11.4. The van der Waals surface area contributed by atoms with Crippen molar-refractivity contribution in [3.63, 3.8) is 0 Å². The van der Waals surface area contributed by atoms with E-state index < -0.39 is 0 Å². The first-order chi connectivity index (χ1) is 11.9. The third-order valence-corrected chi connectivity index (χ3v) is 4.69. The molecule has 2 rings (SSSR count). The highest BCUT2D eigenvalue weighted by Crippen LogP contribution is 2.31. The monoisotopic (exact) mass is 334 g/mol. The predicted octanol–water partition coefficient (Wildman–Crippen LogP) is 6.91. The van der Waals surface area contributed by atoms with Gasteiger partial charge in [0.15, 0.2) is 0 Å². The molecule has 2 aromatic rings. The fourth-order valence-corrected chi connectivity index (χ4v) is 3.28. The summed E-state index contributed by atoms with van der Waals surface area (Å²) >= 11 is 0. The first-order valence-corrected chi connectivity index (χ1v) is 8.98. The summed E-state index contributed by atoms with van der Waals surface area (Å²) in [6.07, 6.45) is 3.36. The fraction of sp³-hybridized carbons (Fsp3) is 0.333. The molecule has 0 bridgehead atoms. The Morgan fingerprint density at radius 2 is 1.56 bits per heavy atom. The van der Waals surface area contributed by atoms with E-state index in [9.17, 15) is 0 Å². The summed E-state index contributed by atoms with van der Waals surface area (Å²) in [5.74, 6) is 0.911. The second kappa shape index (κ2) is 8.20. The van der Waals surface area contributed by atoms with Gasteiger partial charge < -0.3 is 4.74 Å². The van der Waals surface area contributed by atoms with Crippen LogP contribution in [-0.4, -0.2) is 7.11 Å². The SMILES string of the molecule is CC/C(=C/C(=C(C)C)c1ccc(C)cc1C)c1ccc(OC)cc1C. The van der Waals surface area contributed by atoms with Crippen LogP contribution in [0.4, 0.5) is 0 Å². The number of aryl methyl sites for hydroxylation is 3. The van der Waals surface area contributed by atoms with Gasteiger partial charge in [0.25, 0.3) is 0 Å². The highest BCUT2D eigenvalue weighted by Gasteiger charge is 2.10. The Bertz CT molecular complexity index is 818. The van der Waals surface area contributed by atoms with Crippen molar-refractivity contribution in [3.05, 3.63) is 75.9 Å². The first kappa shape index (κ1) is 19.1. The van der Waals surface area contributed by atoms with Crippen LogP contribution in [0.2, 0.25) is 0 Å². The largest absolute Gasteiger partial charge is 0.497 e. The Labute approximate surface area is 153 Å². The van der Waals surface area contributed by atoms with E-state index in [2.05, 4.69) is 78.0 Å². The molecule has 0 heterocycles. The Hall–Kier alpha value is -2.28. The molecule has 0 spiro atoms. The van der Waals surface area contributed by atoms with Gasteiger partial charge in [-0.1, -0.05) is 48.4 Å². The average molecular weight is 335 g/mol. The van der Waals surface area contributed by atoms with Crippen molar-refractivity contribution in [2.24, 2.45) is 0 Å². The number of methoxy groups -OCH3 is 1. The van der Waals surface area contributed by atoms with Gasteiger partial charge in [-0.15, -0.1) is 0 Å². The van der Waals surface area contributed by atoms with Crippen LogP contribution in [0.5, 0.6) is 5.75 Å². The third-order valence-electron chi connectivity index (χ3n) is 4.69. The number of hydrogen-bond donors (Lipinski definition) is 0. The molecular formula is C24H30O. The minimum absolute atomic E-state index is 0.911. The van der Waals surface area contributed by atoms with Crippen LogP contribution in [0, 0.1) is 20.8 Å². The molecule has 0 aromatic heterocycles. The number of hydrogen-bond acceptors (Lipinski definition) is 1. The van der Waals surface area contributed by atoms with E-state index in [0.29, 0.717) is 0 Å². The summed E-state index contributed by atoms with van der Waals surface area (Å²) in [7, 11) is 1.71. The second-order valence-corrected chi connectivity index (χ2v) is 6.94. The van der Waals surface area contributed by atoms with Gasteiger partial charge in [-0.05, 0) is 86.6 Å². The Morgan fingerprint density at radius 1 is 0.920 bits per heavy atom. The molecular weight excluding hydrogens is 304 g/mol. The van der Waals surface area contributed by atoms with Crippen LogP contribution in [0.3, 0.4) is 0 Å². The molecule has 0 saturated heterocycles. The van der Waals surface area contributed by atoms with Crippen molar-refractivity contribution in [2.75, 3.05) is 7.11 Å². The van der Waals surface area contributed by atoms with Crippen LogP contribution in [0.1, 0.15) is 55.0 Å². The van der Waals surface area contributed by atoms with Crippen molar-refractivity contribution in [1.29, 1.82) is 0 Å². The maximum atomic E-state index is 5.35. The lowest BCUT2D eigenvalue weighted by molar-refractivity contribution is 0.414. The van der Waals surface area contributed by atoms with Gasteiger partial charge in [-0.25, -0.2) is 0 Å². The molecule has 0 aliphatic carbocycles. The molecule has 0 amide bonds. The van der Waals surface area contributed by atoms with E-state index in [-0.39, 0.29) is 0 Å². The van der Waals surface area contributed by atoms with E-state index in [1.54, 1.807) is 7.11 Å². The lowest BCUT2D eigenvalue weighted by Crippen LogP contribution is -1.94. The highest BCUT2D eigenvalue weighted by molar-refractivity contribution is 5.86. The van der Waals surface area contributed by atoms with Crippen molar-refractivity contribution in [1.82, 2.24) is 0 Å². The molecule has 132 valence electrons. The minimum Gasteiger partial charge on any atom is -0.497 e. The summed E-state index contributed by atoms with van der Waals surface area (Å²) in [6.45, 7) is 13.1. The lowest BCUT2D eigenvalue weighted by Gasteiger charge is -2.15. The molecule has 0 fully saturated rings. The Balaban J connectivity index is 2.57. The molecule has 25 heavy (non-hydrogen) atoms. The van der Waals surface area contributed by atoms with Gasteiger partial charge in [0.05, 0.1) is 7.11 Å². The fourth-order valence-electron chi connectivity index (χ4n) is 3.28. The Morgan fingerprint density at radius 3 is 2.08 bits per heavy atom. The molecule has 1 heteroatoms. The van der Waals surface area contributed by atoms with Crippen LogP contribution in [0.15, 0.2) is 48.0 Å². The summed E-state index contributed by atoms with van der Waals surface area (Å²) in [5.41, 5.74) is 10.5. The van der Waals surface area contributed by atoms with Crippen molar-refractivity contribution >= 4 is 11.1 Å². The van der Waals surface area contributed by atoms with E-state index in [4.69, 9.17) is 4.74 Å². The number of benzene rings is 2. The van der Waals surface area contributed by atoms with Gasteiger partial charge in [0.1, 0.15) is 5.75 Å². The molecule has 0 aliphatic rings. The molecule has 0 atom stereocenters. The molecule has 0 radical (unpaired) electrons. The maximum absolute atomic E-state index is 5.35. The highest BCUT2D eigenvalue weighted by atomic mass is 16.5. The summed E-state index contributed by atoms with van der Waals surface area (Å²) in [4.78, 5) is 0. The van der Waals surface area contributed by atoms with Crippen LogP contribution in [-0.2, 0) is 0 Å². The molecule has 0 unspecified atom stereocenters. The topological polar surface area (TPSA) is 9.23 Å². The van der Waals surface area contributed by atoms with Crippen LogP contribution >= 0.6 is 0 Å². The van der Waals surface area contributed by atoms with E-state index in [0.717, 1.165) is 12.2 Å². The smallest absolute Gasteiger partial charge is 0.119 e. The van der Waals surface area contributed by atoms with Crippen LogP contribution < -0.4 is 4.74 Å². The van der Waals surface area contributed by atoms with E-state index in [1.807, 2.05) is 6.07 Å². The number of ether oxygens (including phenoxy) is 1. The molecule has 2 aromatic carbocycles. The van der Waals surface area contributed by atoms with Gasteiger partial charge in [-0.2, -0.15) is 0 Å². The minimum atomic E-state index is 0.911. The summed E-state index contributed by atoms with van der Waals surface area (Å²) in [6, 6.07) is 13.0. The van der Waals surface area contributed by atoms with Crippen LogP contribution in [0.25, 0.3) is 11.1 Å². The lowest BCUT2D eigenvalue weighted by atomic mass is 9.90. The molecule has 0 saturated carbocycles. The summed E-state index contributed by atoms with van der Waals surface area (Å²) in [5, 5.41) is 0. The second-order valence-electron chi connectivity index (χ2n) is 6.94. The third kappa shape index (κ3) is 4.42. The van der Waals surface area contributed by atoms with Gasteiger partial charge in [0.2, 0.25) is 0 Å². The zero-order valence-electron chi connectivity index (χ0n) is 16.7.